The van der Waals surface area contributed by atoms with Gasteiger partial charge in [-0.15, -0.1) is 0 Å². The van der Waals surface area contributed by atoms with E-state index in [9.17, 15) is 4.79 Å². The number of rotatable bonds is 7. The summed E-state index contributed by atoms with van der Waals surface area (Å²) in [6.07, 6.45) is -0.562. The van der Waals surface area contributed by atoms with Gasteiger partial charge in [0.05, 0.1) is 13.7 Å². The van der Waals surface area contributed by atoms with Crippen molar-refractivity contribution in [2.24, 2.45) is 0 Å². The van der Waals surface area contributed by atoms with Gasteiger partial charge in [0, 0.05) is 13.2 Å². The molecule has 0 heterocycles. The lowest BCUT2D eigenvalue weighted by molar-refractivity contribution is -0.128. The Labute approximate surface area is 113 Å². The van der Waals surface area contributed by atoms with Gasteiger partial charge in [0.2, 0.25) is 0 Å². The number of ether oxygens (including phenoxy) is 3. The van der Waals surface area contributed by atoms with Crippen LogP contribution >= 0.6 is 0 Å². The van der Waals surface area contributed by atoms with Crippen molar-refractivity contribution in [3.05, 3.63) is 24.3 Å². The van der Waals surface area contributed by atoms with Crippen molar-refractivity contribution < 1.29 is 19.0 Å². The Hall–Kier alpha value is -1.75. The lowest BCUT2D eigenvalue weighted by Gasteiger charge is -2.18. The second-order valence-corrected chi connectivity index (χ2v) is 4.30. The molecule has 2 atom stereocenters. The predicted octanol–water partition coefficient (Wildman–Crippen LogP) is 1.61. The molecule has 0 spiro atoms. The molecule has 0 saturated carbocycles. The fourth-order valence-electron chi connectivity index (χ4n) is 1.56. The van der Waals surface area contributed by atoms with Crippen molar-refractivity contribution in [1.29, 1.82) is 0 Å². The van der Waals surface area contributed by atoms with Gasteiger partial charge in [-0.2, -0.15) is 0 Å². The summed E-state index contributed by atoms with van der Waals surface area (Å²) in [6.45, 7) is 4.06. The second kappa shape index (κ2) is 7.63. The largest absolute Gasteiger partial charge is 0.497 e. The van der Waals surface area contributed by atoms with E-state index in [0.717, 1.165) is 5.75 Å². The smallest absolute Gasteiger partial charge is 0.261 e. The summed E-state index contributed by atoms with van der Waals surface area (Å²) in [7, 11) is 3.20. The molecule has 1 N–H and O–H groups in total. The Balaban J connectivity index is 2.48. The molecule has 5 heteroatoms. The van der Waals surface area contributed by atoms with E-state index in [1.54, 1.807) is 45.4 Å². The third-order valence-corrected chi connectivity index (χ3v) is 2.55. The van der Waals surface area contributed by atoms with E-state index in [1.165, 1.54) is 0 Å². The minimum Gasteiger partial charge on any atom is -0.497 e. The van der Waals surface area contributed by atoms with Gasteiger partial charge in [0.1, 0.15) is 11.5 Å². The molecule has 0 aliphatic rings. The third kappa shape index (κ3) is 5.18. The minimum absolute atomic E-state index is 0.0422. The van der Waals surface area contributed by atoms with Crippen LogP contribution in [0.2, 0.25) is 0 Å². The van der Waals surface area contributed by atoms with Crippen molar-refractivity contribution in [3.8, 4) is 11.5 Å². The highest BCUT2D eigenvalue weighted by atomic mass is 16.5. The molecule has 0 bridgehead atoms. The van der Waals surface area contributed by atoms with Gasteiger partial charge in [-0.3, -0.25) is 4.79 Å². The number of methoxy groups -OCH3 is 2. The van der Waals surface area contributed by atoms with Gasteiger partial charge in [-0.05, 0) is 38.1 Å². The standard InChI is InChI=1S/C14H21NO4/c1-10(9-17-3)15-14(16)11(2)19-13-7-5-12(18-4)6-8-13/h5-8,10-11H,9H2,1-4H3,(H,15,16)/t10-,11-/m1/s1. The molecule has 1 rings (SSSR count). The van der Waals surface area contributed by atoms with Crippen LogP contribution < -0.4 is 14.8 Å². The first-order chi connectivity index (χ1) is 9.06. The van der Waals surface area contributed by atoms with Gasteiger partial charge in [-0.25, -0.2) is 0 Å². The van der Waals surface area contributed by atoms with Crippen molar-refractivity contribution in [1.82, 2.24) is 5.32 Å². The lowest BCUT2D eigenvalue weighted by atomic mass is 10.3. The molecule has 0 saturated heterocycles. The average molecular weight is 267 g/mol. The number of nitrogens with one attached hydrogen (secondary N) is 1. The van der Waals surface area contributed by atoms with Gasteiger partial charge >= 0.3 is 0 Å². The highest BCUT2D eigenvalue weighted by molar-refractivity contribution is 5.80. The number of hydrogen-bond donors (Lipinski definition) is 1. The van der Waals surface area contributed by atoms with E-state index in [4.69, 9.17) is 14.2 Å². The Morgan fingerprint density at radius 3 is 2.26 bits per heavy atom. The van der Waals surface area contributed by atoms with Crippen molar-refractivity contribution in [2.45, 2.75) is 26.0 Å². The molecule has 0 aromatic heterocycles. The van der Waals surface area contributed by atoms with Crippen LogP contribution in [0.1, 0.15) is 13.8 Å². The third-order valence-electron chi connectivity index (χ3n) is 2.55. The lowest BCUT2D eigenvalue weighted by Crippen LogP contribution is -2.43. The topological polar surface area (TPSA) is 56.8 Å². The minimum atomic E-state index is -0.562. The second-order valence-electron chi connectivity index (χ2n) is 4.30. The quantitative estimate of drug-likeness (QED) is 0.815. The first kappa shape index (κ1) is 15.3. The highest BCUT2D eigenvalue weighted by Gasteiger charge is 2.16. The van der Waals surface area contributed by atoms with Crippen LogP contribution in [0.4, 0.5) is 0 Å². The van der Waals surface area contributed by atoms with E-state index >= 15 is 0 Å². The molecule has 5 nitrogen and oxygen atoms in total. The maximum Gasteiger partial charge on any atom is 0.261 e. The van der Waals surface area contributed by atoms with E-state index in [-0.39, 0.29) is 11.9 Å². The summed E-state index contributed by atoms with van der Waals surface area (Å²) >= 11 is 0. The first-order valence-corrected chi connectivity index (χ1v) is 6.16. The Bertz CT molecular complexity index is 391. The number of amides is 1. The number of benzene rings is 1. The molecule has 1 aromatic rings. The molecule has 1 aromatic carbocycles. The van der Waals surface area contributed by atoms with Gasteiger partial charge < -0.3 is 19.5 Å². The average Bonchev–Trinajstić information content (AvgIpc) is 2.39. The molecule has 19 heavy (non-hydrogen) atoms. The van der Waals surface area contributed by atoms with Crippen LogP contribution in [0.15, 0.2) is 24.3 Å². The summed E-state index contributed by atoms with van der Waals surface area (Å²) in [5.41, 5.74) is 0. The van der Waals surface area contributed by atoms with E-state index < -0.39 is 6.10 Å². The molecular weight excluding hydrogens is 246 g/mol. The summed E-state index contributed by atoms with van der Waals surface area (Å²) in [5, 5.41) is 2.81. The summed E-state index contributed by atoms with van der Waals surface area (Å²) in [4.78, 5) is 11.8. The van der Waals surface area contributed by atoms with E-state index in [1.807, 2.05) is 6.92 Å². The Morgan fingerprint density at radius 1 is 1.16 bits per heavy atom. The molecule has 0 fully saturated rings. The predicted molar refractivity (Wildman–Crippen MR) is 72.6 cm³/mol. The SMILES string of the molecule is COC[C@@H](C)NC(=O)[C@@H](C)Oc1ccc(OC)cc1. The normalized spacial score (nSPS) is 13.5. The van der Waals surface area contributed by atoms with Gasteiger partial charge in [-0.1, -0.05) is 0 Å². The van der Waals surface area contributed by atoms with Crippen LogP contribution in [-0.2, 0) is 9.53 Å². The van der Waals surface area contributed by atoms with Gasteiger partial charge in [0.15, 0.2) is 6.10 Å². The van der Waals surface area contributed by atoms with E-state index in [0.29, 0.717) is 12.4 Å². The first-order valence-electron chi connectivity index (χ1n) is 6.16. The van der Waals surface area contributed by atoms with Crippen molar-refractivity contribution in [2.75, 3.05) is 20.8 Å². The van der Waals surface area contributed by atoms with Crippen molar-refractivity contribution >= 4 is 5.91 Å². The zero-order valence-electron chi connectivity index (χ0n) is 11.8. The van der Waals surface area contributed by atoms with E-state index in [2.05, 4.69) is 5.32 Å². The van der Waals surface area contributed by atoms with Crippen LogP contribution in [0.3, 0.4) is 0 Å². The summed E-state index contributed by atoms with van der Waals surface area (Å²) in [5.74, 6) is 1.21. The molecule has 1 amide bonds. The Kier molecular flexibility index (Phi) is 6.15. The molecular formula is C14H21NO4. The number of carbonyl (C=O) groups excluding carboxylic acids is 1. The highest BCUT2D eigenvalue weighted by Crippen LogP contribution is 2.18. The molecule has 0 aliphatic carbocycles. The van der Waals surface area contributed by atoms with Gasteiger partial charge in [0.25, 0.3) is 5.91 Å². The van der Waals surface area contributed by atoms with Crippen LogP contribution in [0.25, 0.3) is 0 Å². The van der Waals surface area contributed by atoms with Crippen LogP contribution in [0, 0.1) is 0 Å². The fraction of sp³-hybridized carbons (Fsp3) is 0.500. The zero-order chi connectivity index (χ0) is 14.3. The van der Waals surface area contributed by atoms with Crippen LogP contribution in [0.5, 0.6) is 11.5 Å². The monoisotopic (exact) mass is 267 g/mol. The molecule has 106 valence electrons. The zero-order valence-corrected chi connectivity index (χ0v) is 11.8. The molecule has 0 radical (unpaired) electrons. The number of hydrogen-bond acceptors (Lipinski definition) is 4. The van der Waals surface area contributed by atoms with Crippen molar-refractivity contribution in [3.63, 3.8) is 0 Å². The summed E-state index contributed by atoms with van der Waals surface area (Å²) in [6, 6.07) is 7.06. The maximum atomic E-state index is 11.8. The number of carbonyl (C=O) groups is 1. The van der Waals surface area contributed by atoms with Crippen LogP contribution in [-0.4, -0.2) is 38.9 Å². The molecule has 0 aliphatic heterocycles. The maximum absolute atomic E-state index is 11.8. The summed E-state index contributed by atoms with van der Waals surface area (Å²) < 4.78 is 15.6. The Morgan fingerprint density at radius 2 is 1.74 bits per heavy atom. The fourth-order valence-corrected chi connectivity index (χ4v) is 1.56. The molecule has 0 unspecified atom stereocenters.